The van der Waals surface area contributed by atoms with Crippen molar-refractivity contribution < 1.29 is 0 Å². The van der Waals surface area contributed by atoms with Gasteiger partial charge >= 0.3 is 0 Å². The molecule has 0 aliphatic heterocycles. The molecule has 1 nitrogen and oxygen atoms in total. The van der Waals surface area contributed by atoms with Crippen LogP contribution in [0.1, 0.15) is 71.5 Å². The van der Waals surface area contributed by atoms with Crippen LogP contribution >= 0.6 is 23.2 Å². The molecule has 2 aliphatic carbocycles. The number of rotatable bonds is 3. The first-order valence-electron chi connectivity index (χ1n) is 10.6. The lowest BCUT2D eigenvalue weighted by Gasteiger charge is -2.36. The fourth-order valence-corrected chi connectivity index (χ4v) is 5.51. The molecule has 1 unspecified atom stereocenters. The Morgan fingerprint density at radius 1 is 0.690 bits per heavy atom. The van der Waals surface area contributed by atoms with E-state index in [1.165, 1.54) is 47.1 Å². The van der Waals surface area contributed by atoms with Crippen molar-refractivity contribution in [3.05, 3.63) is 105 Å². The highest BCUT2D eigenvalue weighted by Crippen LogP contribution is 2.44. The Bertz CT molecular complexity index is 1030. The van der Waals surface area contributed by atoms with Gasteiger partial charge in [-0.25, -0.2) is 0 Å². The number of hydrogen-bond acceptors (Lipinski definition) is 1. The second-order valence-electron chi connectivity index (χ2n) is 8.30. The van der Waals surface area contributed by atoms with Crippen molar-refractivity contribution >= 4 is 23.2 Å². The minimum Gasteiger partial charge on any atom is -0.303 e. The van der Waals surface area contributed by atoms with Crippen LogP contribution < -0.4 is 5.32 Å². The van der Waals surface area contributed by atoms with Gasteiger partial charge in [-0.1, -0.05) is 77.8 Å². The standard InChI is InChI=1S/C26H25Cl2N/c27-23-14-12-18(16-24(23)28)19-13-15-26(22-10-4-3-9-21(19)22)29-25-11-5-7-17-6-1-2-8-20(17)25/h1-4,6,8-10,12,14,16,19,25-26,29H,5,7,11,13,15H2/t19-,25?,26+/m0/s1. The molecule has 0 heterocycles. The van der Waals surface area contributed by atoms with Gasteiger partial charge < -0.3 is 5.32 Å². The average Bonchev–Trinajstić information content (AvgIpc) is 2.76. The molecule has 0 saturated heterocycles. The SMILES string of the molecule is Clc1ccc([C@@H]2CC[C@@H](NC3CCCc4ccccc43)c3ccccc32)cc1Cl. The van der Waals surface area contributed by atoms with Gasteiger partial charge in [0.05, 0.1) is 10.0 Å². The zero-order valence-electron chi connectivity index (χ0n) is 16.4. The smallest absolute Gasteiger partial charge is 0.0595 e. The molecule has 0 amide bonds. The van der Waals surface area contributed by atoms with Crippen LogP contribution in [0.4, 0.5) is 0 Å². The van der Waals surface area contributed by atoms with Gasteiger partial charge in [0.15, 0.2) is 0 Å². The molecule has 0 radical (unpaired) electrons. The first-order valence-corrected chi connectivity index (χ1v) is 11.3. The Labute approximate surface area is 183 Å². The van der Waals surface area contributed by atoms with E-state index in [0.717, 1.165) is 12.8 Å². The normalized spacial score (nSPS) is 23.3. The number of halogens is 2. The summed E-state index contributed by atoms with van der Waals surface area (Å²) in [6.45, 7) is 0. The van der Waals surface area contributed by atoms with Crippen molar-refractivity contribution in [1.29, 1.82) is 0 Å². The van der Waals surface area contributed by atoms with E-state index in [9.17, 15) is 0 Å². The maximum Gasteiger partial charge on any atom is 0.0595 e. The number of nitrogens with one attached hydrogen (secondary N) is 1. The molecule has 0 aromatic heterocycles. The summed E-state index contributed by atoms with van der Waals surface area (Å²) < 4.78 is 0. The average molecular weight is 422 g/mol. The third kappa shape index (κ3) is 3.72. The summed E-state index contributed by atoms with van der Waals surface area (Å²) in [5, 5.41) is 5.28. The molecular formula is C26H25Cl2N. The molecule has 5 rings (SSSR count). The second-order valence-corrected chi connectivity index (χ2v) is 9.11. The first-order chi connectivity index (χ1) is 14.2. The fraction of sp³-hybridized carbons (Fsp3) is 0.308. The number of aryl methyl sites for hydroxylation is 1. The van der Waals surface area contributed by atoms with Crippen molar-refractivity contribution in [3.63, 3.8) is 0 Å². The number of benzene rings is 3. The van der Waals surface area contributed by atoms with Crippen LogP contribution in [0, 0.1) is 0 Å². The topological polar surface area (TPSA) is 12.0 Å². The summed E-state index contributed by atoms with van der Waals surface area (Å²) in [7, 11) is 0. The van der Waals surface area contributed by atoms with Crippen molar-refractivity contribution in [2.45, 2.75) is 50.1 Å². The van der Waals surface area contributed by atoms with Crippen LogP contribution in [0.25, 0.3) is 0 Å². The monoisotopic (exact) mass is 421 g/mol. The van der Waals surface area contributed by atoms with E-state index in [2.05, 4.69) is 59.9 Å². The number of hydrogen-bond donors (Lipinski definition) is 1. The second kappa shape index (κ2) is 8.14. The summed E-state index contributed by atoms with van der Waals surface area (Å²) in [4.78, 5) is 0. The lowest BCUT2D eigenvalue weighted by Crippen LogP contribution is -2.32. The Balaban J connectivity index is 1.45. The Morgan fingerprint density at radius 3 is 2.24 bits per heavy atom. The van der Waals surface area contributed by atoms with Gasteiger partial charge in [0.2, 0.25) is 0 Å². The quantitative estimate of drug-likeness (QED) is 0.458. The third-order valence-corrected chi connectivity index (χ3v) is 7.35. The van der Waals surface area contributed by atoms with Crippen LogP contribution in [0.5, 0.6) is 0 Å². The van der Waals surface area contributed by atoms with Crippen molar-refractivity contribution in [2.24, 2.45) is 0 Å². The molecule has 0 saturated carbocycles. The molecule has 1 N–H and O–H groups in total. The van der Waals surface area contributed by atoms with Crippen LogP contribution in [-0.2, 0) is 6.42 Å². The van der Waals surface area contributed by atoms with Crippen LogP contribution in [-0.4, -0.2) is 0 Å². The van der Waals surface area contributed by atoms with Crippen molar-refractivity contribution in [3.8, 4) is 0 Å². The zero-order valence-corrected chi connectivity index (χ0v) is 17.9. The summed E-state index contributed by atoms with van der Waals surface area (Å²) in [6.07, 6.45) is 5.91. The Kier molecular flexibility index (Phi) is 5.39. The van der Waals surface area contributed by atoms with Crippen molar-refractivity contribution in [1.82, 2.24) is 5.32 Å². The fourth-order valence-electron chi connectivity index (χ4n) is 5.21. The predicted molar refractivity (Wildman–Crippen MR) is 122 cm³/mol. The molecular weight excluding hydrogens is 397 g/mol. The first kappa shape index (κ1) is 19.2. The van der Waals surface area contributed by atoms with Gasteiger partial charge in [0.1, 0.15) is 0 Å². The van der Waals surface area contributed by atoms with Crippen LogP contribution in [0.2, 0.25) is 10.0 Å². The van der Waals surface area contributed by atoms with Crippen molar-refractivity contribution in [2.75, 3.05) is 0 Å². The highest BCUT2D eigenvalue weighted by molar-refractivity contribution is 6.42. The minimum absolute atomic E-state index is 0.373. The highest BCUT2D eigenvalue weighted by Gasteiger charge is 2.30. The van der Waals surface area contributed by atoms with Gasteiger partial charge in [0.25, 0.3) is 0 Å². The van der Waals surface area contributed by atoms with E-state index in [4.69, 9.17) is 23.2 Å². The molecule has 2 aliphatic rings. The summed E-state index contributed by atoms with van der Waals surface area (Å²) in [6, 6.07) is 24.8. The molecule has 0 fully saturated rings. The molecule has 148 valence electrons. The van der Waals surface area contributed by atoms with Gasteiger partial charge in [-0.15, -0.1) is 0 Å². The van der Waals surface area contributed by atoms with Gasteiger partial charge in [-0.3, -0.25) is 0 Å². The maximum absolute atomic E-state index is 6.32. The summed E-state index contributed by atoms with van der Waals surface area (Å²) in [5.41, 5.74) is 7.10. The van der Waals surface area contributed by atoms with E-state index in [0.29, 0.717) is 28.0 Å². The van der Waals surface area contributed by atoms with E-state index in [1.54, 1.807) is 0 Å². The molecule has 0 spiro atoms. The van der Waals surface area contributed by atoms with E-state index >= 15 is 0 Å². The zero-order chi connectivity index (χ0) is 19.8. The molecule has 3 aromatic rings. The van der Waals surface area contributed by atoms with E-state index in [-0.39, 0.29) is 0 Å². The Hall–Kier alpha value is -1.80. The third-order valence-electron chi connectivity index (χ3n) is 6.61. The van der Waals surface area contributed by atoms with E-state index < -0.39 is 0 Å². The molecule has 3 aromatic carbocycles. The predicted octanol–water partition coefficient (Wildman–Crippen LogP) is 7.63. The Morgan fingerprint density at radius 2 is 1.41 bits per heavy atom. The van der Waals surface area contributed by atoms with E-state index in [1.807, 2.05) is 12.1 Å². The number of fused-ring (bicyclic) bond motifs is 2. The van der Waals surface area contributed by atoms with Gasteiger partial charge in [-0.2, -0.15) is 0 Å². The minimum atomic E-state index is 0.373. The summed E-state index contributed by atoms with van der Waals surface area (Å²) in [5.74, 6) is 0.373. The lowest BCUT2D eigenvalue weighted by atomic mass is 9.76. The molecule has 29 heavy (non-hydrogen) atoms. The van der Waals surface area contributed by atoms with Crippen LogP contribution in [0.3, 0.4) is 0 Å². The largest absolute Gasteiger partial charge is 0.303 e. The van der Waals surface area contributed by atoms with Gasteiger partial charge in [0, 0.05) is 18.0 Å². The lowest BCUT2D eigenvalue weighted by molar-refractivity contribution is 0.361. The van der Waals surface area contributed by atoms with Crippen LogP contribution in [0.15, 0.2) is 66.7 Å². The van der Waals surface area contributed by atoms with Gasteiger partial charge in [-0.05, 0) is 72.1 Å². The molecule has 3 heteroatoms. The molecule has 3 atom stereocenters. The molecule has 0 bridgehead atoms. The summed E-state index contributed by atoms with van der Waals surface area (Å²) >= 11 is 12.5. The highest BCUT2D eigenvalue weighted by atomic mass is 35.5. The maximum atomic E-state index is 6.32.